The fourth-order valence-corrected chi connectivity index (χ4v) is 2.00. The normalized spacial score (nSPS) is 10.5. The first-order chi connectivity index (χ1) is 8.75. The van der Waals surface area contributed by atoms with Gasteiger partial charge >= 0.3 is 0 Å². The first-order valence-electron chi connectivity index (χ1n) is 5.86. The molecule has 2 aromatic rings. The van der Waals surface area contributed by atoms with Crippen molar-refractivity contribution in [2.75, 3.05) is 17.6 Å². The molecule has 0 bridgehead atoms. The van der Waals surface area contributed by atoms with Gasteiger partial charge in [0.1, 0.15) is 5.82 Å². The lowest BCUT2D eigenvalue weighted by atomic mass is 10.3. The van der Waals surface area contributed by atoms with Crippen LogP contribution >= 0.6 is 15.9 Å². The smallest absolute Gasteiger partial charge is 0.149 e. The highest BCUT2D eigenvalue weighted by Crippen LogP contribution is 2.19. The number of pyridine rings is 1. The summed E-state index contributed by atoms with van der Waals surface area (Å²) in [4.78, 5) is 8.23. The summed E-state index contributed by atoms with van der Waals surface area (Å²) in [5.74, 6) is 0.751. The van der Waals surface area contributed by atoms with E-state index >= 15 is 0 Å². The highest BCUT2D eigenvalue weighted by atomic mass is 79.9. The highest BCUT2D eigenvalue weighted by molar-refractivity contribution is 9.10. The van der Waals surface area contributed by atoms with Crippen LogP contribution in [0, 0.1) is 0 Å². The van der Waals surface area contributed by atoms with E-state index in [-0.39, 0.29) is 0 Å². The van der Waals surface area contributed by atoms with Crippen LogP contribution in [-0.4, -0.2) is 21.1 Å². The summed E-state index contributed by atoms with van der Waals surface area (Å²) >= 11 is 3.33. The summed E-state index contributed by atoms with van der Waals surface area (Å²) < 4.78 is 2.97. The van der Waals surface area contributed by atoms with Crippen LogP contribution < -0.4 is 11.1 Å². The summed E-state index contributed by atoms with van der Waals surface area (Å²) in [7, 11) is 0. The van der Waals surface area contributed by atoms with Gasteiger partial charge in [0, 0.05) is 36.2 Å². The average molecular weight is 310 g/mol. The van der Waals surface area contributed by atoms with E-state index in [1.54, 1.807) is 12.4 Å². The quantitative estimate of drug-likeness (QED) is 0.805. The molecule has 0 unspecified atom stereocenters. The number of nitrogen functional groups attached to an aromatic ring is 1. The number of hydrogen-bond acceptors (Lipinski definition) is 4. The molecule has 3 N–H and O–H groups in total. The lowest BCUT2D eigenvalue weighted by molar-refractivity contribution is 0.621. The molecule has 0 aliphatic heterocycles. The Morgan fingerprint density at radius 2 is 2.28 bits per heavy atom. The molecule has 0 radical (unpaired) electrons. The number of halogens is 1. The van der Waals surface area contributed by atoms with E-state index in [1.807, 2.05) is 18.6 Å². The Balaban J connectivity index is 1.69. The topological polar surface area (TPSA) is 68.8 Å². The minimum absolute atomic E-state index is 0.666. The van der Waals surface area contributed by atoms with Crippen LogP contribution in [0.15, 0.2) is 35.5 Å². The molecule has 0 atom stereocenters. The van der Waals surface area contributed by atoms with Gasteiger partial charge in [-0.15, -0.1) is 0 Å². The molecule has 0 spiro atoms. The maximum Gasteiger partial charge on any atom is 0.149 e. The van der Waals surface area contributed by atoms with Gasteiger partial charge in [0.25, 0.3) is 0 Å². The van der Waals surface area contributed by atoms with Gasteiger partial charge in [-0.25, -0.2) is 9.97 Å². The minimum atomic E-state index is 0.666. The van der Waals surface area contributed by atoms with E-state index in [4.69, 9.17) is 5.73 Å². The zero-order valence-electron chi connectivity index (χ0n) is 10.0. The third kappa shape index (κ3) is 3.73. The van der Waals surface area contributed by atoms with Crippen molar-refractivity contribution in [3.63, 3.8) is 0 Å². The summed E-state index contributed by atoms with van der Waals surface area (Å²) in [6.07, 6.45) is 9.51. The van der Waals surface area contributed by atoms with E-state index < -0.39 is 0 Å². The summed E-state index contributed by atoms with van der Waals surface area (Å²) in [6.45, 7) is 1.86. The number of rotatable bonds is 6. The SMILES string of the molecule is Nc1cc(Br)cnc1NCCCCn1ccnc1. The number of anilines is 2. The third-order valence-electron chi connectivity index (χ3n) is 2.58. The van der Waals surface area contributed by atoms with Crippen LogP contribution in [0.4, 0.5) is 11.5 Å². The zero-order valence-corrected chi connectivity index (χ0v) is 11.6. The predicted octanol–water partition coefficient (Wildman–Crippen LogP) is 2.52. The van der Waals surface area contributed by atoms with Crippen molar-refractivity contribution in [2.24, 2.45) is 0 Å². The monoisotopic (exact) mass is 309 g/mol. The fraction of sp³-hybridized carbons (Fsp3) is 0.333. The van der Waals surface area contributed by atoms with Crippen molar-refractivity contribution in [1.82, 2.24) is 14.5 Å². The van der Waals surface area contributed by atoms with Crippen LogP contribution in [0.2, 0.25) is 0 Å². The van der Waals surface area contributed by atoms with Gasteiger partial charge in [0.05, 0.1) is 12.0 Å². The van der Waals surface area contributed by atoms with E-state index in [9.17, 15) is 0 Å². The second kappa shape index (κ2) is 6.39. The molecule has 2 aromatic heterocycles. The number of hydrogen-bond donors (Lipinski definition) is 2. The summed E-state index contributed by atoms with van der Waals surface area (Å²) in [6, 6.07) is 1.85. The van der Waals surface area contributed by atoms with Gasteiger partial charge in [0.15, 0.2) is 0 Å². The number of nitrogens with zero attached hydrogens (tertiary/aromatic N) is 3. The van der Waals surface area contributed by atoms with Crippen molar-refractivity contribution in [3.05, 3.63) is 35.5 Å². The van der Waals surface area contributed by atoms with Crippen molar-refractivity contribution in [2.45, 2.75) is 19.4 Å². The molecule has 2 rings (SSSR count). The number of nitrogens with one attached hydrogen (secondary N) is 1. The predicted molar refractivity (Wildman–Crippen MR) is 76.3 cm³/mol. The standard InChI is InChI=1S/C12H16BrN5/c13-10-7-11(14)12(17-8-10)16-3-1-2-5-18-6-4-15-9-18/h4,6-9H,1-3,5,14H2,(H,16,17). The molecule has 0 amide bonds. The first kappa shape index (κ1) is 12.9. The van der Waals surface area contributed by atoms with E-state index in [0.29, 0.717) is 5.69 Å². The first-order valence-corrected chi connectivity index (χ1v) is 6.65. The van der Waals surface area contributed by atoms with Crippen molar-refractivity contribution in [3.8, 4) is 0 Å². The number of imidazole rings is 1. The fourth-order valence-electron chi connectivity index (χ4n) is 1.65. The molecule has 96 valence electrons. The lowest BCUT2D eigenvalue weighted by Gasteiger charge is -2.08. The molecular weight excluding hydrogens is 294 g/mol. The van der Waals surface area contributed by atoms with Gasteiger partial charge in [0.2, 0.25) is 0 Å². The number of aryl methyl sites for hydroxylation is 1. The summed E-state index contributed by atoms with van der Waals surface area (Å²) in [5, 5.41) is 3.24. The van der Waals surface area contributed by atoms with Crippen molar-refractivity contribution in [1.29, 1.82) is 0 Å². The van der Waals surface area contributed by atoms with E-state index in [2.05, 4.69) is 35.8 Å². The molecular formula is C12H16BrN5. The Morgan fingerprint density at radius 3 is 3.00 bits per heavy atom. The van der Waals surface area contributed by atoms with Crippen LogP contribution in [0.1, 0.15) is 12.8 Å². The Labute approximate surface area is 115 Å². The van der Waals surface area contributed by atoms with Gasteiger partial charge in [-0.2, -0.15) is 0 Å². The third-order valence-corrected chi connectivity index (χ3v) is 3.01. The molecule has 18 heavy (non-hydrogen) atoms. The van der Waals surface area contributed by atoms with Gasteiger partial charge in [-0.05, 0) is 34.8 Å². The van der Waals surface area contributed by atoms with Crippen LogP contribution in [-0.2, 0) is 6.54 Å². The second-order valence-electron chi connectivity index (χ2n) is 4.03. The molecule has 0 saturated heterocycles. The summed E-state index contributed by atoms with van der Waals surface area (Å²) in [5.41, 5.74) is 6.51. The molecule has 0 saturated carbocycles. The number of aromatic nitrogens is 3. The largest absolute Gasteiger partial charge is 0.396 e. The van der Waals surface area contributed by atoms with Gasteiger partial charge in [-0.3, -0.25) is 0 Å². The Kier molecular flexibility index (Phi) is 4.58. The van der Waals surface area contributed by atoms with Crippen molar-refractivity contribution < 1.29 is 0 Å². The van der Waals surface area contributed by atoms with Crippen LogP contribution in [0.3, 0.4) is 0 Å². The van der Waals surface area contributed by atoms with Gasteiger partial charge in [-0.1, -0.05) is 0 Å². The Morgan fingerprint density at radius 1 is 1.39 bits per heavy atom. The number of unbranched alkanes of at least 4 members (excludes halogenated alkanes) is 1. The number of nitrogens with two attached hydrogens (primary N) is 1. The Bertz CT molecular complexity index is 483. The van der Waals surface area contributed by atoms with Crippen LogP contribution in [0.25, 0.3) is 0 Å². The molecule has 0 fully saturated rings. The molecule has 2 heterocycles. The van der Waals surface area contributed by atoms with E-state index in [0.717, 1.165) is 36.2 Å². The molecule has 0 aliphatic carbocycles. The Hall–Kier alpha value is -1.56. The second-order valence-corrected chi connectivity index (χ2v) is 4.94. The molecule has 6 heteroatoms. The lowest BCUT2D eigenvalue weighted by Crippen LogP contribution is -2.07. The molecule has 0 aromatic carbocycles. The van der Waals surface area contributed by atoms with Crippen molar-refractivity contribution >= 4 is 27.4 Å². The minimum Gasteiger partial charge on any atom is -0.396 e. The highest BCUT2D eigenvalue weighted by Gasteiger charge is 2.00. The molecule has 5 nitrogen and oxygen atoms in total. The maximum atomic E-state index is 5.85. The van der Waals surface area contributed by atoms with Crippen LogP contribution in [0.5, 0.6) is 0 Å². The maximum absolute atomic E-state index is 5.85. The van der Waals surface area contributed by atoms with Gasteiger partial charge < -0.3 is 15.6 Å². The zero-order chi connectivity index (χ0) is 12.8. The average Bonchev–Trinajstić information content (AvgIpc) is 2.84. The van der Waals surface area contributed by atoms with E-state index in [1.165, 1.54) is 0 Å². The molecule has 0 aliphatic rings.